The molecule has 1 aromatic rings. The van der Waals surface area contributed by atoms with Crippen molar-refractivity contribution in [2.45, 2.75) is 64.7 Å². The number of hydrogen-bond donors (Lipinski definition) is 0. The maximum absolute atomic E-state index is 2.31. The normalized spacial score (nSPS) is 11.2. The molecule has 1 aromatic carbocycles. The standard InChI is InChI=1S/C18H28/c1-2-3-4-5-6-7-8-9-10-12-15-18-16-13-11-14-17-18/h11-17H,2-10H2,1H3. The number of benzene rings is 1. The van der Waals surface area contributed by atoms with Gasteiger partial charge in [-0.3, -0.25) is 0 Å². The van der Waals surface area contributed by atoms with Crippen LogP contribution in [0.4, 0.5) is 0 Å². The smallest absolute Gasteiger partial charge is 0.0260 e. The molecular weight excluding hydrogens is 216 g/mol. The monoisotopic (exact) mass is 244 g/mol. The highest BCUT2D eigenvalue weighted by Crippen LogP contribution is 2.10. The fourth-order valence-electron chi connectivity index (χ4n) is 2.18. The van der Waals surface area contributed by atoms with E-state index in [0.717, 1.165) is 0 Å². The van der Waals surface area contributed by atoms with Gasteiger partial charge in [-0.1, -0.05) is 94.4 Å². The van der Waals surface area contributed by atoms with Crippen LogP contribution in [0.15, 0.2) is 36.4 Å². The van der Waals surface area contributed by atoms with Gasteiger partial charge in [0.1, 0.15) is 0 Å². The van der Waals surface area contributed by atoms with Crippen LogP contribution in [-0.4, -0.2) is 0 Å². The Balaban J connectivity index is 1.91. The Morgan fingerprint density at radius 2 is 1.39 bits per heavy atom. The molecule has 0 aliphatic carbocycles. The molecule has 0 aromatic heterocycles. The first-order chi connectivity index (χ1) is 8.93. The fourth-order valence-corrected chi connectivity index (χ4v) is 2.18. The first kappa shape index (κ1) is 15.0. The zero-order valence-corrected chi connectivity index (χ0v) is 11.9. The third-order valence-electron chi connectivity index (χ3n) is 3.33. The molecule has 0 aliphatic heterocycles. The highest BCUT2D eigenvalue weighted by Gasteiger charge is 1.90. The predicted octanol–water partition coefficient (Wildman–Crippen LogP) is 6.23. The Bertz CT molecular complexity index is 297. The Morgan fingerprint density at radius 3 is 2.06 bits per heavy atom. The van der Waals surface area contributed by atoms with Crippen molar-refractivity contribution in [2.24, 2.45) is 0 Å². The topological polar surface area (TPSA) is 0 Å². The number of unbranched alkanes of at least 4 members (excludes halogenated alkanes) is 8. The molecule has 1 rings (SSSR count). The van der Waals surface area contributed by atoms with Crippen molar-refractivity contribution in [3.8, 4) is 0 Å². The fraction of sp³-hybridized carbons (Fsp3) is 0.556. The summed E-state index contributed by atoms with van der Waals surface area (Å²) in [5, 5.41) is 0. The SMILES string of the molecule is CCCCCCCCCCC=Cc1ccccc1. The summed E-state index contributed by atoms with van der Waals surface area (Å²) in [6.07, 6.45) is 17.0. The lowest BCUT2D eigenvalue weighted by molar-refractivity contribution is 0.578. The average molecular weight is 244 g/mol. The van der Waals surface area contributed by atoms with Crippen LogP contribution in [0.5, 0.6) is 0 Å². The van der Waals surface area contributed by atoms with Crippen LogP contribution >= 0.6 is 0 Å². The largest absolute Gasteiger partial charge is 0.0839 e. The van der Waals surface area contributed by atoms with Gasteiger partial charge < -0.3 is 0 Å². The number of rotatable bonds is 10. The molecule has 0 spiro atoms. The van der Waals surface area contributed by atoms with Gasteiger partial charge in [-0.25, -0.2) is 0 Å². The highest BCUT2D eigenvalue weighted by molar-refractivity contribution is 5.48. The summed E-state index contributed by atoms with van der Waals surface area (Å²) in [5.41, 5.74) is 1.32. The van der Waals surface area contributed by atoms with E-state index in [-0.39, 0.29) is 0 Å². The van der Waals surface area contributed by atoms with Crippen LogP contribution in [0.1, 0.15) is 70.3 Å². The molecule has 0 bridgehead atoms. The molecule has 0 fully saturated rings. The lowest BCUT2D eigenvalue weighted by Gasteiger charge is -1.99. The van der Waals surface area contributed by atoms with E-state index in [1.807, 2.05) is 0 Å². The number of hydrogen-bond acceptors (Lipinski definition) is 0. The quantitative estimate of drug-likeness (QED) is 0.428. The molecule has 0 atom stereocenters. The molecule has 0 nitrogen and oxygen atoms in total. The summed E-state index contributed by atoms with van der Waals surface area (Å²) < 4.78 is 0. The molecule has 18 heavy (non-hydrogen) atoms. The van der Waals surface area contributed by atoms with Crippen molar-refractivity contribution >= 4 is 6.08 Å². The summed E-state index contributed by atoms with van der Waals surface area (Å²) in [6, 6.07) is 10.6. The average Bonchev–Trinajstić information content (AvgIpc) is 2.42. The second-order valence-electron chi connectivity index (χ2n) is 5.08. The van der Waals surface area contributed by atoms with E-state index in [2.05, 4.69) is 49.4 Å². The van der Waals surface area contributed by atoms with Crippen LogP contribution in [0.2, 0.25) is 0 Å². The van der Waals surface area contributed by atoms with Gasteiger partial charge in [0, 0.05) is 0 Å². The van der Waals surface area contributed by atoms with E-state index in [1.54, 1.807) is 0 Å². The minimum Gasteiger partial charge on any atom is -0.0839 e. The molecule has 100 valence electrons. The molecule has 0 heteroatoms. The van der Waals surface area contributed by atoms with Gasteiger partial charge in [-0.2, -0.15) is 0 Å². The minimum absolute atomic E-state index is 1.23. The van der Waals surface area contributed by atoms with E-state index in [9.17, 15) is 0 Å². The predicted molar refractivity (Wildman–Crippen MR) is 82.7 cm³/mol. The Labute approximate surface area is 113 Å². The Kier molecular flexibility index (Phi) is 9.24. The second-order valence-corrected chi connectivity index (χ2v) is 5.08. The summed E-state index contributed by atoms with van der Waals surface area (Å²) in [5.74, 6) is 0. The molecular formula is C18H28. The van der Waals surface area contributed by atoms with Gasteiger partial charge in [-0.15, -0.1) is 0 Å². The number of allylic oxidation sites excluding steroid dienone is 1. The molecule has 0 amide bonds. The van der Waals surface area contributed by atoms with Crippen molar-refractivity contribution in [3.05, 3.63) is 42.0 Å². The van der Waals surface area contributed by atoms with Crippen molar-refractivity contribution in [1.82, 2.24) is 0 Å². The molecule has 0 aliphatic rings. The van der Waals surface area contributed by atoms with Crippen LogP contribution in [0, 0.1) is 0 Å². The summed E-state index contributed by atoms with van der Waals surface area (Å²) in [6.45, 7) is 2.28. The Hall–Kier alpha value is -1.04. The van der Waals surface area contributed by atoms with Gasteiger partial charge in [0.05, 0.1) is 0 Å². The van der Waals surface area contributed by atoms with Gasteiger partial charge in [-0.05, 0) is 18.4 Å². The lowest BCUT2D eigenvalue weighted by atomic mass is 10.1. The molecule has 0 saturated carbocycles. The summed E-state index contributed by atoms with van der Waals surface area (Å²) in [7, 11) is 0. The molecule has 0 N–H and O–H groups in total. The van der Waals surface area contributed by atoms with Crippen molar-refractivity contribution in [1.29, 1.82) is 0 Å². The van der Waals surface area contributed by atoms with Crippen LogP contribution < -0.4 is 0 Å². The van der Waals surface area contributed by atoms with Crippen molar-refractivity contribution < 1.29 is 0 Å². The van der Waals surface area contributed by atoms with E-state index in [1.165, 1.54) is 63.4 Å². The van der Waals surface area contributed by atoms with E-state index in [4.69, 9.17) is 0 Å². The van der Waals surface area contributed by atoms with E-state index >= 15 is 0 Å². The van der Waals surface area contributed by atoms with E-state index < -0.39 is 0 Å². The van der Waals surface area contributed by atoms with Crippen LogP contribution in [0.25, 0.3) is 6.08 Å². The lowest BCUT2D eigenvalue weighted by Crippen LogP contribution is -1.80. The third kappa shape index (κ3) is 8.11. The maximum atomic E-state index is 2.31. The first-order valence-corrected chi connectivity index (χ1v) is 7.65. The molecule has 0 saturated heterocycles. The maximum Gasteiger partial charge on any atom is -0.0260 e. The van der Waals surface area contributed by atoms with Gasteiger partial charge in [0.25, 0.3) is 0 Å². The third-order valence-corrected chi connectivity index (χ3v) is 3.33. The zero-order valence-electron chi connectivity index (χ0n) is 11.9. The molecule has 0 radical (unpaired) electrons. The van der Waals surface area contributed by atoms with Crippen molar-refractivity contribution in [2.75, 3.05) is 0 Å². The van der Waals surface area contributed by atoms with Crippen molar-refractivity contribution in [3.63, 3.8) is 0 Å². The van der Waals surface area contributed by atoms with Gasteiger partial charge in [0.2, 0.25) is 0 Å². The van der Waals surface area contributed by atoms with Crippen LogP contribution in [0.3, 0.4) is 0 Å². The van der Waals surface area contributed by atoms with Crippen LogP contribution in [-0.2, 0) is 0 Å². The van der Waals surface area contributed by atoms with E-state index in [0.29, 0.717) is 0 Å². The second kappa shape index (κ2) is 11.1. The first-order valence-electron chi connectivity index (χ1n) is 7.65. The van der Waals surface area contributed by atoms with Gasteiger partial charge >= 0.3 is 0 Å². The molecule has 0 heterocycles. The summed E-state index contributed by atoms with van der Waals surface area (Å²) in [4.78, 5) is 0. The minimum atomic E-state index is 1.23. The zero-order chi connectivity index (χ0) is 12.9. The molecule has 0 unspecified atom stereocenters. The van der Waals surface area contributed by atoms with Gasteiger partial charge in [0.15, 0.2) is 0 Å². The Morgan fingerprint density at radius 1 is 0.778 bits per heavy atom. The summed E-state index contributed by atoms with van der Waals surface area (Å²) >= 11 is 0. The highest BCUT2D eigenvalue weighted by atomic mass is 14.0.